The summed E-state index contributed by atoms with van der Waals surface area (Å²) in [6, 6.07) is 1.83. The van der Waals surface area contributed by atoms with Crippen LogP contribution in [0.15, 0.2) is 12.4 Å². The molecule has 0 saturated carbocycles. The van der Waals surface area contributed by atoms with E-state index in [0.717, 1.165) is 18.8 Å². The summed E-state index contributed by atoms with van der Waals surface area (Å²) >= 11 is 0. The van der Waals surface area contributed by atoms with Crippen LogP contribution >= 0.6 is 0 Å². The summed E-state index contributed by atoms with van der Waals surface area (Å²) in [5, 5.41) is 2.91. The number of esters is 1. The molecule has 1 rings (SSSR count). The van der Waals surface area contributed by atoms with Crippen LogP contribution in [0.5, 0.6) is 0 Å². The number of carbonyl (C=O) groups excluding carboxylic acids is 1. The lowest BCUT2D eigenvalue weighted by molar-refractivity contribution is -0.138. The molecule has 1 aromatic heterocycles. The predicted octanol–water partition coefficient (Wildman–Crippen LogP) is 1.69. The van der Waals surface area contributed by atoms with Gasteiger partial charge in [-0.3, -0.25) is 4.79 Å². The Hall–Kier alpha value is -1.85. The Morgan fingerprint density at radius 3 is 2.89 bits per heavy atom. The van der Waals surface area contributed by atoms with Gasteiger partial charge in [-0.2, -0.15) is 0 Å². The molecular formula is C13H22N4O2. The van der Waals surface area contributed by atoms with Crippen molar-refractivity contribution in [1.82, 2.24) is 9.97 Å². The van der Waals surface area contributed by atoms with Crippen molar-refractivity contribution in [2.75, 3.05) is 37.5 Å². The molecule has 0 fully saturated rings. The number of methoxy groups -OCH3 is 1. The first-order chi connectivity index (χ1) is 9.17. The van der Waals surface area contributed by atoms with E-state index in [9.17, 15) is 4.79 Å². The Bertz CT molecular complexity index is 398. The first-order valence-electron chi connectivity index (χ1n) is 6.51. The molecule has 6 nitrogen and oxygen atoms in total. The number of aromatic nitrogens is 2. The van der Waals surface area contributed by atoms with Crippen LogP contribution in [-0.4, -0.2) is 43.2 Å². The second kappa shape index (κ2) is 8.29. The fraction of sp³-hybridized carbons (Fsp3) is 0.615. The van der Waals surface area contributed by atoms with Gasteiger partial charge in [0.25, 0.3) is 0 Å². The topological polar surface area (TPSA) is 67.4 Å². The molecule has 19 heavy (non-hydrogen) atoms. The number of ether oxygens (including phenoxy) is 1. The molecule has 0 aliphatic carbocycles. The number of carbonyl (C=O) groups is 1. The second-order valence-electron chi connectivity index (χ2n) is 4.32. The van der Waals surface area contributed by atoms with E-state index in [2.05, 4.69) is 31.8 Å². The maximum Gasteiger partial charge on any atom is 0.325 e. The van der Waals surface area contributed by atoms with E-state index in [4.69, 9.17) is 0 Å². The minimum atomic E-state index is -0.323. The molecule has 1 N–H and O–H groups in total. The Balaban J connectivity index is 2.53. The van der Waals surface area contributed by atoms with Crippen molar-refractivity contribution in [1.29, 1.82) is 0 Å². The SMILES string of the molecule is CCCCCN(C)c1cc(NCC(=O)OC)ncn1. The highest BCUT2D eigenvalue weighted by atomic mass is 16.5. The minimum absolute atomic E-state index is 0.104. The van der Waals surface area contributed by atoms with Crippen molar-refractivity contribution < 1.29 is 9.53 Å². The predicted molar refractivity (Wildman–Crippen MR) is 75.3 cm³/mol. The Morgan fingerprint density at radius 1 is 1.42 bits per heavy atom. The fourth-order valence-corrected chi connectivity index (χ4v) is 1.60. The first-order valence-corrected chi connectivity index (χ1v) is 6.51. The molecule has 0 aromatic carbocycles. The summed E-state index contributed by atoms with van der Waals surface area (Å²) in [6.45, 7) is 3.24. The largest absolute Gasteiger partial charge is 0.468 e. The van der Waals surface area contributed by atoms with Crippen LogP contribution < -0.4 is 10.2 Å². The van der Waals surface area contributed by atoms with Gasteiger partial charge in [0, 0.05) is 19.7 Å². The van der Waals surface area contributed by atoms with Crippen LogP contribution in [0.1, 0.15) is 26.2 Å². The number of unbranched alkanes of at least 4 members (excludes halogenated alkanes) is 2. The van der Waals surface area contributed by atoms with Crippen LogP contribution in [0.25, 0.3) is 0 Å². The zero-order valence-corrected chi connectivity index (χ0v) is 11.8. The van der Waals surface area contributed by atoms with E-state index in [0.29, 0.717) is 5.82 Å². The Kier molecular flexibility index (Phi) is 6.63. The molecule has 0 saturated heterocycles. The molecule has 1 aromatic rings. The normalized spacial score (nSPS) is 10.1. The maximum atomic E-state index is 11.0. The zero-order chi connectivity index (χ0) is 14.1. The summed E-state index contributed by atoms with van der Waals surface area (Å²) in [6.07, 6.45) is 5.04. The lowest BCUT2D eigenvalue weighted by Gasteiger charge is -2.18. The molecule has 0 spiro atoms. The standard InChI is InChI=1S/C13H22N4O2/c1-4-5-6-7-17(2)12-8-11(15-10-16-12)14-9-13(18)19-3/h8,10H,4-7,9H2,1-3H3,(H,14,15,16). The Labute approximate surface area is 114 Å². The van der Waals surface area contributed by atoms with Gasteiger partial charge >= 0.3 is 5.97 Å². The van der Waals surface area contributed by atoms with E-state index >= 15 is 0 Å². The van der Waals surface area contributed by atoms with Crippen LogP contribution in [0, 0.1) is 0 Å². The lowest BCUT2D eigenvalue weighted by Crippen LogP contribution is -2.21. The highest BCUT2D eigenvalue weighted by Crippen LogP contribution is 2.13. The van der Waals surface area contributed by atoms with Gasteiger partial charge in [-0.25, -0.2) is 9.97 Å². The van der Waals surface area contributed by atoms with Gasteiger partial charge in [0.05, 0.1) is 7.11 Å². The average Bonchev–Trinajstić information content (AvgIpc) is 2.45. The highest BCUT2D eigenvalue weighted by molar-refractivity contribution is 5.74. The number of anilines is 2. The third-order valence-electron chi connectivity index (χ3n) is 2.78. The molecule has 0 unspecified atom stereocenters. The van der Waals surface area contributed by atoms with E-state index in [-0.39, 0.29) is 12.5 Å². The maximum absolute atomic E-state index is 11.0. The van der Waals surface area contributed by atoms with E-state index < -0.39 is 0 Å². The smallest absolute Gasteiger partial charge is 0.325 e. The first kappa shape index (κ1) is 15.2. The van der Waals surface area contributed by atoms with Crippen LogP contribution in [0.4, 0.5) is 11.6 Å². The lowest BCUT2D eigenvalue weighted by atomic mass is 10.2. The van der Waals surface area contributed by atoms with Gasteiger partial charge in [0.1, 0.15) is 24.5 Å². The van der Waals surface area contributed by atoms with E-state index in [1.54, 1.807) is 0 Å². The summed E-state index contributed by atoms with van der Waals surface area (Å²) < 4.78 is 4.56. The van der Waals surface area contributed by atoms with Crippen LogP contribution in [0.2, 0.25) is 0 Å². The molecule has 0 bridgehead atoms. The third-order valence-corrected chi connectivity index (χ3v) is 2.78. The summed E-state index contributed by atoms with van der Waals surface area (Å²) in [4.78, 5) is 21.4. The van der Waals surface area contributed by atoms with Crippen molar-refractivity contribution >= 4 is 17.6 Å². The number of nitrogens with one attached hydrogen (secondary N) is 1. The van der Waals surface area contributed by atoms with Crippen molar-refractivity contribution in [3.05, 3.63) is 12.4 Å². The number of nitrogens with zero attached hydrogens (tertiary/aromatic N) is 3. The molecule has 6 heteroatoms. The van der Waals surface area contributed by atoms with Gasteiger partial charge < -0.3 is 15.0 Å². The minimum Gasteiger partial charge on any atom is -0.468 e. The van der Waals surface area contributed by atoms with E-state index in [1.807, 2.05) is 13.1 Å². The van der Waals surface area contributed by atoms with Gasteiger partial charge in [0.2, 0.25) is 0 Å². The van der Waals surface area contributed by atoms with Gasteiger partial charge in [0.15, 0.2) is 0 Å². The summed E-state index contributed by atoms with van der Waals surface area (Å²) in [7, 11) is 3.36. The van der Waals surface area contributed by atoms with Gasteiger partial charge in [-0.05, 0) is 6.42 Å². The van der Waals surface area contributed by atoms with Crippen LogP contribution in [0.3, 0.4) is 0 Å². The van der Waals surface area contributed by atoms with Crippen LogP contribution in [-0.2, 0) is 9.53 Å². The van der Waals surface area contributed by atoms with E-state index in [1.165, 1.54) is 26.3 Å². The molecule has 0 radical (unpaired) electrons. The number of hydrogen-bond donors (Lipinski definition) is 1. The summed E-state index contributed by atoms with van der Waals surface area (Å²) in [5.41, 5.74) is 0. The fourth-order valence-electron chi connectivity index (χ4n) is 1.60. The van der Waals surface area contributed by atoms with Crippen molar-refractivity contribution in [2.45, 2.75) is 26.2 Å². The molecular weight excluding hydrogens is 244 g/mol. The molecule has 106 valence electrons. The average molecular weight is 266 g/mol. The van der Waals surface area contributed by atoms with Gasteiger partial charge in [-0.15, -0.1) is 0 Å². The monoisotopic (exact) mass is 266 g/mol. The van der Waals surface area contributed by atoms with Crippen molar-refractivity contribution in [3.8, 4) is 0 Å². The summed E-state index contributed by atoms with van der Waals surface area (Å²) in [5.74, 6) is 1.15. The second-order valence-corrected chi connectivity index (χ2v) is 4.32. The quantitative estimate of drug-likeness (QED) is 0.570. The Morgan fingerprint density at radius 2 is 2.21 bits per heavy atom. The highest BCUT2D eigenvalue weighted by Gasteiger charge is 2.05. The molecule has 1 heterocycles. The van der Waals surface area contributed by atoms with Gasteiger partial charge in [-0.1, -0.05) is 19.8 Å². The van der Waals surface area contributed by atoms with Crippen molar-refractivity contribution in [2.24, 2.45) is 0 Å². The molecule has 0 aliphatic heterocycles. The number of rotatable bonds is 8. The third kappa shape index (κ3) is 5.54. The number of hydrogen-bond acceptors (Lipinski definition) is 6. The van der Waals surface area contributed by atoms with Crippen molar-refractivity contribution in [3.63, 3.8) is 0 Å². The molecule has 0 atom stereocenters. The molecule has 0 aliphatic rings. The molecule has 0 amide bonds. The zero-order valence-electron chi connectivity index (χ0n) is 11.8.